The maximum Gasteiger partial charge on any atom is 0.408 e. The van der Waals surface area contributed by atoms with E-state index < -0.39 is 5.60 Å². The van der Waals surface area contributed by atoms with Crippen LogP contribution in [0.5, 0.6) is 0 Å². The van der Waals surface area contributed by atoms with Gasteiger partial charge in [-0.05, 0) is 52.2 Å². The van der Waals surface area contributed by atoms with Crippen LogP contribution in [0.3, 0.4) is 0 Å². The van der Waals surface area contributed by atoms with Crippen molar-refractivity contribution < 1.29 is 13.9 Å². The molecule has 0 aliphatic rings. The number of hydrogen-bond donors (Lipinski definition) is 2. The van der Waals surface area contributed by atoms with Gasteiger partial charge in [0, 0.05) is 6.54 Å². The van der Waals surface area contributed by atoms with E-state index in [1.165, 1.54) is 0 Å². The van der Waals surface area contributed by atoms with Crippen LogP contribution in [-0.4, -0.2) is 23.8 Å². The highest BCUT2D eigenvalue weighted by Gasteiger charge is 2.31. The van der Waals surface area contributed by atoms with Crippen LogP contribution in [0, 0.1) is 0 Å². The van der Waals surface area contributed by atoms with Crippen LogP contribution in [-0.2, 0) is 4.74 Å². The molecule has 0 saturated carbocycles. The SMILES string of the molecule is CCC(NCC(CC)(CC)NC(=O)OC(C)(C)C)c1ccco1. The van der Waals surface area contributed by atoms with Gasteiger partial charge in [0.1, 0.15) is 11.4 Å². The Morgan fingerprint density at radius 3 is 2.35 bits per heavy atom. The molecule has 1 rings (SSSR count). The van der Waals surface area contributed by atoms with Crippen molar-refractivity contribution in [2.75, 3.05) is 6.54 Å². The predicted octanol–water partition coefficient (Wildman–Crippen LogP) is 4.40. The van der Waals surface area contributed by atoms with Gasteiger partial charge in [0.15, 0.2) is 0 Å². The number of rotatable bonds is 8. The summed E-state index contributed by atoms with van der Waals surface area (Å²) in [5, 5.41) is 6.58. The molecule has 1 aromatic rings. The lowest BCUT2D eigenvalue weighted by atomic mass is 9.92. The summed E-state index contributed by atoms with van der Waals surface area (Å²) in [6, 6.07) is 4.01. The lowest BCUT2D eigenvalue weighted by Crippen LogP contribution is -2.55. The molecule has 5 nitrogen and oxygen atoms in total. The summed E-state index contributed by atoms with van der Waals surface area (Å²) in [5.74, 6) is 0.922. The molecule has 0 aromatic carbocycles. The molecule has 0 bridgehead atoms. The molecular weight excluding hydrogens is 292 g/mol. The lowest BCUT2D eigenvalue weighted by Gasteiger charge is -2.35. The first-order valence-electron chi connectivity index (χ1n) is 8.53. The van der Waals surface area contributed by atoms with E-state index in [9.17, 15) is 4.79 Å². The average Bonchev–Trinajstić information content (AvgIpc) is 2.99. The van der Waals surface area contributed by atoms with E-state index in [-0.39, 0.29) is 17.7 Å². The first kappa shape index (κ1) is 19.6. The van der Waals surface area contributed by atoms with E-state index in [1.54, 1.807) is 6.26 Å². The first-order chi connectivity index (χ1) is 10.7. The Labute approximate surface area is 140 Å². The van der Waals surface area contributed by atoms with E-state index in [4.69, 9.17) is 9.15 Å². The van der Waals surface area contributed by atoms with E-state index in [1.807, 2.05) is 32.9 Å². The predicted molar refractivity (Wildman–Crippen MR) is 92.4 cm³/mol. The van der Waals surface area contributed by atoms with Crippen LogP contribution in [0.1, 0.15) is 72.6 Å². The number of hydrogen-bond acceptors (Lipinski definition) is 4. The van der Waals surface area contributed by atoms with Crippen molar-refractivity contribution in [3.05, 3.63) is 24.2 Å². The lowest BCUT2D eigenvalue weighted by molar-refractivity contribution is 0.0443. The fourth-order valence-corrected chi connectivity index (χ4v) is 2.50. The highest BCUT2D eigenvalue weighted by molar-refractivity contribution is 5.68. The monoisotopic (exact) mass is 324 g/mol. The number of carbonyl (C=O) groups excluding carboxylic acids is 1. The standard InChI is InChI=1S/C18H32N2O3/c1-7-14(15-11-10-12-22-15)19-13-18(8-2,9-3)20-16(21)23-17(4,5)6/h10-12,14,19H,7-9,13H2,1-6H3,(H,20,21). The molecule has 132 valence electrons. The molecule has 1 aromatic heterocycles. The van der Waals surface area contributed by atoms with Crippen LogP contribution in [0.25, 0.3) is 0 Å². The van der Waals surface area contributed by atoms with Crippen molar-refractivity contribution in [1.82, 2.24) is 10.6 Å². The van der Waals surface area contributed by atoms with Crippen molar-refractivity contribution in [1.29, 1.82) is 0 Å². The van der Waals surface area contributed by atoms with Crippen molar-refractivity contribution >= 4 is 6.09 Å². The molecule has 0 fully saturated rings. The highest BCUT2D eigenvalue weighted by atomic mass is 16.6. The van der Waals surface area contributed by atoms with E-state index in [2.05, 4.69) is 31.4 Å². The smallest absolute Gasteiger partial charge is 0.408 e. The van der Waals surface area contributed by atoms with Gasteiger partial charge in [0.05, 0.1) is 17.8 Å². The summed E-state index contributed by atoms with van der Waals surface area (Å²) in [6.07, 6.45) is 3.89. The third-order valence-electron chi connectivity index (χ3n) is 4.10. The van der Waals surface area contributed by atoms with Gasteiger partial charge in [-0.25, -0.2) is 4.79 Å². The molecule has 1 atom stereocenters. The zero-order chi connectivity index (χ0) is 17.5. The zero-order valence-corrected chi connectivity index (χ0v) is 15.4. The summed E-state index contributed by atoms with van der Waals surface area (Å²) in [6.45, 7) is 12.5. The molecule has 0 saturated heterocycles. The zero-order valence-electron chi connectivity index (χ0n) is 15.4. The Bertz CT molecular complexity index is 459. The summed E-state index contributed by atoms with van der Waals surface area (Å²) in [7, 11) is 0. The minimum Gasteiger partial charge on any atom is -0.468 e. The maximum atomic E-state index is 12.2. The normalized spacial score (nSPS) is 13.7. The van der Waals surface area contributed by atoms with Gasteiger partial charge in [-0.15, -0.1) is 0 Å². The fraction of sp³-hybridized carbons (Fsp3) is 0.722. The Kier molecular flexibility index (Phi) is 7.13. The number of amides is 1. The maximum absolute atomic E-state index is 12.2. The second kappa shape index (κ2) is 8.39. The van der Waals surface area contributed by atoms with Crippen LogP contribution in [0.4, 0.5) is 4.79 Å². The van der Waals surface area contributed by atoms with Gasteiger partial charge >= 0.3 is 6.09 Å². The molecule has 23 heavy (non-hydrogen) atoms. The van der Waals surface area contributed by atoms with Gasteiger partial charge in [0.25, 0.3) is 0 Å². The summed E-state index contributed by atoms with van der Waals surface area (Å²) >= 11 is 0. The Morgan fingerprint density at radius 1 is 1.26 bits per heavy atom. The Balaban J connectivity index is 2.70. The molecule has 5 heteroatoms. The molecule has 1 amide bonds. The molecule has 0 aliphatic carbocycles. The van der Waals surface area contributed by atoms with Gasteiger partial charge in [-0.2, -0.15) is 0 Å². The topological polar surface area (TPSA) is 63.5 Å². The van der Waals surface area contributed by atoms with Crippen molar-refractivity contribution in [2.45, 2.75) is 78.0 Å². The van der Waals surface area contributed by atoms with Crippen molar-refractivity contribution in [3.8, 4) is 0 Å². The van der Waals surface area contributed by atoms with Gasteiger partial charge < -0.3 is 19.8 Å². The van der Waals surface area contributed by atoms with Crippen LogP contribution >= 0.6 is 0 Å². The Hall–Kier alpha value is -1.49. The quantitative estimate of drug-likeness (QED) is 0.744. The highest BCUT2D eigenvalue weighted by Crippen LogP contribution is 2.21. The Morgan fingerprint density at radius 2 is 1.91 bits per heavy atom. The number of ether oxygens (including phenoxy) is 1. The minimum atomic E-state index is -0.495. The third-order valence-corrected chi connectivity index (χ3v) is 4.10. The number of nitrogens with one attached hydrogen (secondary N) is 2. The average molecular weight is 324 g/mol. The minimum absolute atomic E-state index is 0.142. The molecule has 2 N–H and O–H groups in total. The second-order valence-corrected chi connectivity index (χ2v) is 6.97. The molecule has 1 heterocycles. The molecule has 1 unspecified atom stereocenters. The van der Waals surface area contributed by atoms with Crippen LogP contribution in [0.15, 0.2) is 22.8 Å². The largest absolute Gasteiger partial charge is 0.468 e. The molecule has 0 aliphatic heterocycles. The number of alkyl carbamates (subject to hydrolysis) is 1. The number of furan rings is 1. The summed E-state index contributed by atoms with van der Waals surface area (Å²) in [4.78, 5) is 12.2. The van der Waals surface area contributed by atoms with Crippen LogP contribution < -0.4 is 10.6 Å². The molecular formula is C18H32N2O3. The van der Waals surface area contributed by atoms with E-state index in [0.29, 0.717) is 6.54 Å². The van der Waals surface area contributed by atoms with Crippen molar-refractivity contribution in [2.24, 2.45) is 0 Å². The first-order valence-corrected chi connectivity index (χ1v) is 8.53. The van der Waals surface area contributed by atoms with E-state index in [0.717, 1.165) is 25.0 Å². The third kappa shape index (κ3) is 6.26. The van der Waals surface area contributed by atoms with Crippen LogP contribution in [0.2, 0.25) is 0 Å². The van der Waals surface area contributed by atoms with Crippen molar-refractivity contribution in [3.63, 3.8) is 0 Å². The summed E-state index contributed by atoms with van der Waals surface area (Å²) in [5.41, 5.74) is -0.826. The number of carbonyl (C=O) groups is 1. The molecule has 0 spiro atoms. The fourth-order valence-electron chi connectivity index (χ4n) is 2.50. The van der Waals surface area contributed by atoms with Gasteiger partial charge in [0.2, 0.25) is 0 Å². The second-order valence-electron chi connectivity index (χ2n) is 6.97. The molecule has 0 radical (unpaired) electrons. The van der Waals surface area contributed by atoms with Gasteiger partial charge in [-0.1, -0.05) is 20.8 Å². The van der Waals surface area contributed by atoms with E-state index >= 15 is 0 Å². The summed E-state index contributed by atoms with van der Waals surface area (Å²) < 4.78 is 10.9. The van der Waals surface area contributed by atoms with Gasteiger partial charge in [-0.3, -0.25) is 0 Å².